The lowest BCUT2D eigenvalue weighted by molar-refractivity contribution is 0.0699. The molecule has 0 radical (unpaired) electrons. The van der Waals surface area contributed by atoms with Gasteiger partial charge in [-0.15, -0.1) is 0 Å². The molecule has 0 unspecified atom stereocenters. The van der Waals surface area contributed by atoms with E-state index in [1.54, 1.807) is 18.2 Å². The fourth-order valence-electron chi connectivity index (χ4n) is 2.44. The number of aryl methyl sites for hydroxylation is 1. The van der Waals surface area contributed by atoms with E-state index in [4.69, 9.17) is 11.6 Å². The number of carboxylic acids is 1. The molecule has 22 heavy (non-hydrogen) atoms. The Morgan fingerprint density at radius 2 is 1.95 bits per heavy atom. The minimum absolute atomic E-state index is 0.0722. The Morgan fingerprint density at radius 1 is 1.23 bits per heavy atom. The van der Waals surface area contributed by atoms with E-state index in [9.17, 15) is 14.3 Å². The van der Waals surface area contributed by atoms with Gasteiger partial charge in [0.1, 0.15) is 5.82 Å². The molecule has 0 bridgehead atoms. The first-order valence-corrected chi connectivity index (χ1v) is 6.95. The summed E-state index contributed by atoms with van der Waals surface area (Å²) in [6, 6.07) is 10.9. The zero-order chi connectivity index (χ0) is 15.9. The van der Waals surface area contributed by atoms with Crippen molar-refractivity contribution < 1.29 is 14.3 Å². The largest absolute Gasteiger partial charge is 0.478 e. The lowest BCUT2D eigenvalue weighted by Crippen LogP contribution is -2.02. The standard InChI is InChI=1S/C17H11ClFNO2/c1-9-4-2-5-10-11(17(21)22)8-14(20-16(9)10)15-12(18)6-3-7-13(15)19/h2-8H,1H3,(H,21,22). The predicted octanol–water partition coefficient (Wildman–Crippen LogP) is 4.70. The fourth-order valence-corrected chi connectivity index (χ4v) is 2.70. The number of aromatic nitrogens is 1. The van der Waals surface area contributed by atoms with Gasteiger partial charge in [-0.3, -0.25) is 0 Å². The van der Waals surface area contributed by atoms with Crippen LogP contribution >= 0.6 is 11.6 Å². The Kier molecular flexibility index (Phi) is 3.54. The van der Waals surface area contributed by atoms with Crippen molar-refractivity contribution >= 4 is 28.5 Å². The van der Waals surface area contributed by atoms with Crippen LogP contribution in [0.1, 0.15) is 15.9 Å². The molecule has 0 amide bonds. The molecule has 0 saturated carbocycles. The van der Waals surface area contributed by atoms with E-state index < -0.39 is 11.8 Å². The number of fused-ring (bicyclic) bond motifs is 1. The van der Waals surface area contributed by atoms with Crippen molar-refractivity contribution in [2.75, 3.05) is 0 Å². The third kappa shape index (κ3) is 2.31. The van der Waals surface area contributed by atoms with E-state index in [0.717, 1.165) is 5.56 Å². The normalized spacial score (nSPS) is 10.9. The molecule has 0 aliphatic rings. The van der Waals surface area contributed by atoms with Crippen LogP contribution in [-0.2, 0) is 0 Å². The summed E-state index contributed by atoms with van der Waals surface area (Å²) < 4.78 is 14.1. The van der Waals surface area contributed by atoms with Gasteiger partial charge in [0.05, 0.1) is 27.4 Å². The van der Waals surface area contributed by atoms with Crippen molar-refractivity contribution in [2.45, 2.75) is 6.92 Å². The lowest BCUT2D eigenvalue weighted by Gasteiger charge is -2.10. The van der Waals surface area contributed by atoms with E-state index >= 15 is 0 Å². The molecule has 3 nitrogen and oxygen atoms in total. The Hall–Kier alpha value is -2.46. The maximum Gasteiger partial charge on any atom is 0.336 e. The highest BCUT2D eigenvalue weighted by atomic mass is 35.5. The van der Waals surface area contributed by atoms with Crippen LogP contribution in [0.15, 0.2) is 42.5 Å². The molecule has 110 valence electrons. The smallest absolute Gasteiger partial charge is 0.336 e. The van der Waals surface area contributed by atoms with Crippen LogP contribution < -0.4 is 0 Å². The van der Waals surface area contributed by atoms with E-state index in [2.05, 4.69) is 4.98 Å². The molecule has 0 atom stereocenters. The van der Waals surface area contributed by atoms with Gasteiger partial charge in [-0.25, -0.2) is 14.2 Å². The average molecular weight is 316 g/mol. The summed E-state index contributed by atoms with van der Waals surface area (Å²) in [6.07, 6.45) is 0. The Labute approximate surface area is 131 Å². The van der Waals surface area contributed by atoms with Crippen LogP contribution in [0.2, 0.25) is 5.02 Å². The second-order valence-corrected chi connectivity index (χ2v) is 5.34. The first-order chi connectivity index (χ1) is 10.5. The SMILES string of the molecule is Cc1cccc2c(C(=O)O)cc(-c3c(F)cccc3Cl)nc12. The average Bonchev–Trinajstić information content (AvgIpc) is 2.47. The zero-order valence-corrected chi connectivity index (χ0v) is 12.4. The fraction of sp³-hybridized carbons (Fsp3) is 0.0588. The number of carbonyl (C=O) groups is 1. The van der Waals surface area contributed by atoms with Crippen molar-refractivity contribution in [2.24, 2.45) is 0 Å². The summed E-state index contributed by atoms with van der Waals surface area (Å²) in [5.41, 5.74) is 1.73. The number of hydrogen-bond donors (Lipinski definition) is 1. The second kappa shape index (κ2) is 5.39. The summed E-state index contributed by atoms with van der Waals surface area (Å²) in [5.74, 6) is -1.63. The van der Waals surface area contributed by atoms with E-state index in [1.807, 2.05) is 13.0 Å². The molecule has 1 heterocycles. The summed E-state index contributed by atoms with van der Waals surface area (Å²) in [6.45, 7) is 1.83. The van der Waals surface area contributed by atoms with Gasteiger partial charge in [-0.1, -0.05) is 35.9 Å². The second-order valence-electron chi connectivity index (χ2n) is 4.93. The number of para-hydroxylation sites is 1. The molecule has 1 aromatic heterocycles. The van der Waals surface area contributed by atoms with Gasteiger partial charge in [-0.05, 0) is 30.7 Å². The topological polar surface area (TPSA) is 50.2 Å². The molecule has 0 aliphatic heterocycles. The quantitative estimate of drug-likeness (QED) is 0.745. The molecule has 0 saturated heterocycles. The van der Waals surface area contributed by atoms with Gasteiger partial charge in [0.2, 0.25) is 0 Å². The van der Waals surface area contributed by atoms with Crippen molar-refractivity contribution in [3.05, 3.63) is 64.4 Å². The van der Waals surface area contributed by atoms with Crippen LogP contribution in [0, 0.1) is 12.7 Å². The van der Waals surface area contributed by atoms with Crippen molar-refractivity contribution in [3.8, 4) is 11.3 Å². The highest BCUT2D eigenvalue weighted by Gasteiger charge is 2.17. The molecule has 3 aromatic rings. The monoisotopic (exact) mass is 315 g/mol. The third-order valence-corrected chi connectivity index (χ3v) is 3.81. The third-order valence-electron chi connectivity index (χ3n) is 3.49. The van der Waals surface area contributed by atoms with Crippen molar-refractivity contribution in [3.63, 3.8) is 0 Å². The summed E-state index contributed by atoms with van der Waals surface area (Å²) in [5, 5.41) is 10.1. The summed E-state index contributed by atoms with van der Waals surface area (Å²) in [4.78, 5) is 15.9. The Morgan fingerprint density at radius 3 is 2.64 bits per heavy atom. The number of aromatic carboxylic acids is 1. The minimum atomic E-state index is -1.09. The molecule has 2 aromatic carbocycles. The molecular weight excluding hydrogens is 305 g/mol. The van der Waals surface area contributed by atoms with Gasteiger partial charge in [-0.2, -0.15) is 0 Å². The number of rotatable bonds is 2. The van der Waals surface area contributed by atoms with Crippen LogP contribution in [0.5, 0.6) is 0 Å². The number of carboxylic acid groups (broad SMARTS) is 1. The molecule has 3 rings (SSSR count). The first-order valence-electron chi connectivity index (χ1n) is 6.57. The van der Waals surface area contributed by atoms with Crippen LogP contribution in [0.25, 0.3) is 22.2 Å². The number of hydrogen-bond acceptors (Lipinski definition) is 2. The van der Waals surface area contributed by atoms with Crippen LogP contribution in [-0.4, -0.2) is 16.1 Å². The van der Waals surface area contributed by atoms with Crippen molar-refractivity contribution in [1.29, 1.82) is 0 Å². The van der Waals surface area contributed by atoms with E-state index in [1.165, 1.54) is 18.2 Å². The van der Waals surface area contributed by atoms with Crippen molar-refractivity contribution in [1.82, 2.24) is 4.98 Å². The summed E-state index contributed by atoms with van der Waals surface area (Å²) in [7, 11) is 0. The number of nitrogens with zero attached hydrogens (tertiary/aromatic N) is 1. The molecular formula is C17H11ClFNO2. The molecule has 0 spiro atoms. The highest BCUT2D eigenvalue weighted by molar-refractivity contribution is 6.33. The van der Waals surface area contributed by atoms with Crippen LogP contribution in [0.3, 0.4) is 0 Å². The first kappa shape index (κ1) is 14.5. The van der Waals surface area contributed by atoms with Gasteiger partial charge >= 0.3 is 5.97 Å². The minimum Gasteiger partial charge on any atom is -0.478 e. The highest BCUT2D eigenvalue weighted by Crippen LogP contribution is 2.32. The Bertz CT molecular complexity index is 888. The predicted molar refractivity (Wildman–Crippen MR) is 83.8 cm³/mol. The van der Waals surface area contributed by atoms with Crippen LogP contribution in [0.4, 0.5) is 4.39 Å². The maximum absolute atomic E-state index is 14.1. The summed E-state index contributed by atoms with van der Waals surface area (Å²) >= 11 is 6.06. The Balaban J connectivity index is 2.42. The lowest BCUT2D eigenvalue weighted by atomic mass is 10.0. The zero-order valence-electron chi connectivity index (χ0n) is 11.6. The molecule has 5 heteroatoms. The van der Waals surface area contributed by atoms with Gasteiger partial charge in [0.25, 0.3) is 0 Å². The van der Waals surface area contributed by atoms with E-state index in [-0.39, 0.29) is 21.8 Å². The maximum atomic E-state index is 14.1. The van der Waals surface area contributed by atoms with Gasteiger partial charge in [0, 0.05) is 5.39 Å². The number of benzene rings is 2. The molecule has 0 fully saturated rings. The number of halogens is 2. The molecule has 0 aliphatic carbocycles. The van der Waals surface area contributed by atoms with Gasteiger partial charge < -0.3 is 5.11 Å². The van der Waals surface area contributed by atoms with E-state index in [0.29, 0.717) is 10.9 Å². The molecule has 1 N–H and O–H groups in total. The number of pyridine rings is 1. The van der Waals surface area contributed by atoms with Gasteiger partial charge in [0.15, 0.2) is 0 Å².